The molecule has 0 saturated carbocycles. The summed E-state index contributed by atoms with van der Waals surface area (Å²) in [6, 6.07) is 6.63. The minimum atomic E-state index is -0.380. The van der Waals surface area contributed by atoms with Gasteiger partial charge in [0.25, 0.3) is 5.69 Å². The van der Waals surface area contributed by atoms with Crippen molar-refractivity contribution in [1.82, 2.24) is 15.5 Å². The van der Waals surface area contributed by atoms with Crippen molar-refractivity contribution in [3.05, 3.63) is 39.9 Å². The van der Waals surface area contributed by atoms with E-state index in [9.17, 15) is 10.1 Å². The highest BCUT2D eigenvalue weighted by Crippen LogP contribution is 2.12. The first-order valence-electron chi connectivity index (χ1n) is 8.09. The second-order valence-electron chi connectivity index (χ2n) is 5.68. The maximum absolute atomic E-state index is 10.8. The lowest BCUT2D eigenvalue weighted by molar-refractivity contribution is -0.384. The van der Waals surface area contributed by atoms with Gasteiger partial charge >= 0.3 is 0 Å². The molecule has 0 radical (unpaired) electrons. The third-order valence-electron chi connectivity index (χ3n) is 3.97. The Morgan fingerprint density at radius 3 is 2.78 bits per heavy atom. The van der Waals surface area contributed by atoms with E-state index in [1.165, 1.54) is 38.4 Å². The van der Waals surface area contributed by atoms with Crippen molar-refractivity contribution >= 4 is 11.6 Å². The molecule has 1 aromatic carbocycles. The summed E-state index contributed by atoms with van der Waals surface area (Å²) < 4.78 is 0. The fraction of sp³-hybridized carbons (Fsp3) is 0.562. The lowest BCUT2D eigenvalue weighted by Crippen LogP contribution is -2.42. The number of aliphatic imine (C=N–C) groups is 1. The van der Waals surface area contributed by atoms with Gasteiger partial charge in [-0.2, -0.15) is 0 Å². The van der Waals surface area contributed by atoms with Gasteiger partial charge in [-0.3, -0.25) is 15.1 Å². The average molecular weight is 319 g/mol. The second-order valence-corrected chi connectivity index (χ2v) is 5.68. The van der Waals surface area contributed by atoms with Crippen LogP contribution in [0.3, 0.4) is 0 Å². The molecule has 1 aliphatic heterocycles. The molecule has 1 saturated heterocycles. The van der Waals surface area contributed by atoms with Gasteiger partial charge in [0, 0.05) is 38.8 Å². The first kappa shape index (κ1) is 17.2. The van der Waals surface area contributed by atoms with Crippen LogP contribution in [-0.2, 0) is 6.54 Å². The number of nitro groups is 1. The summed E-state index contributed by atoms with van der Waals surface area (Å²) >= 11 is 0. The van der Waals surface area contributed by atoms with E-state index in [1.807, 2.05) is 6.07 Å². The number of nitrogens with zero attached hydrogens (tertiary/aromatic N) is 3. The van der Waals surface area contributed by atoms with E-state index in [-0.39, 0.29) is 10.6 Å². The normalized spacial score (nSPS) is 16.1. The van der Waals surface area contributed by atoms with Crippen LogP contribution in [0, 0.1) is 10.1 Å². The third kappa shape index (κ3) is 5.86. The Balaban J connectivity index is 1.74. The minimum Gasteiger partial charge on any atom is -0.355 e. The van der Waals surface area contributed by atoms with Crippen LogP contribution in [0.15, 0.2) is 29.3 Å². The van der Waals surface area contributed by atoms with Crippen LogP contribution in [0.2, 0.25) is 0 Å². The number of nitro benzene ring substituents is 1. The van der Waals surface area contributed by atoms with Crippen LogP contribution < -0.4 is 10.6 Å². The van der Waals surface area contributed by atoms with Crippen LogP contribution in [0.5, 0.6) is 0 Å². The fourth-order valence-corrected chi connectivity index (χ4v) is 2.70. The number of likely N-dealkylation sites (tertiary alicyclic amines) is 1. The van der Waals surface area contributed by atoms with Crippen LogP contribution >= 0.6 is 0 Å². The molecule has 0 amide bonds. The summed E-state index contributed by atoms with van der Waals surface area (Å²) in [4.78, 5) is 17.1. The van der Waals surface area contributed by atoms with Gasteiger partial charge in [0.15, 0.2) is 5.96 Å². The lowest BCUT2D eigenvalue weighted by atomic mass is 10.1. The van der Waals surface area contributed by atoms with Gasteiger partial charge in [0.2, 0.25) is 0 Å². The SMILES string of the molecule is CN=C(NCCN1CCCCC1)NCc1cccc([N+](=O)[O-])c1. The van der Waals surface area contributed by atoms with E-state index in [2.05, 4.69) is 20.5 Å². The van der Waals surface area contributed by atoms with Gasteiger partial charge in [0.05, 0.1) is 4.92 Å². The highest BCUT2D eigenvalue weighted by Gasteiger charge is 2.09. The zero-order chi connectivity index (χ0) is 16.5. The molecule has 1 heterocycles. The Hall–Kier alpha value is -2.15. The van der Waals surface area contributed by atoms with Crippen LogP contribution in [0.4, 0.5) is 5.69 Å². The number of guanidine groups is 1. The summed E-state index contributed by atoms with van der Waals surface area (Å²) in [7, 11) is 1.73. The summed E-state index contributed by atoms with van der Waals surface area (Å²) in [6.07, 6.45) is 3.93. The molecule has 1 aromatic rings. The Morgan fingerprint density at radius 2 is 2.09 bits per heavy atom. The Morgan fingerprint density at radius 1 is 1.30 bits per heavy atom. The van der Waals surface area contributed by atoms with Crippen molar-refractivity contribution in [2.24, 2.45) is 4.99 Å². The van der Waals surface area contributed by atoms with Crippen molar-refractivity contribution in [3.8, 4) is 0 Å². The second kappa shape index (κ2) is 9.09. The summed E-state index contributed by atoms with van der Waals surface area (Å²) in [5, 5.41) is 17.3. The smallest absolute Gasteiger partial charge is 0.269 e. The van der Waals surface area contributed by atoms with E-state index in [1.54, 1.807) is 19.2 Å². The lowest BCUT2D eigenvalue weighted by Gasteiger charge is -2.26. The van der Waals surface area contributed by atoms with Crippen molar-refractivity contribution in [1.29, 1.82) is 0 Å². The molecule has 7 nitrogen and oxygen atoms in total. The third-order valence-corrected chi connectivity index (χ3v) is 3.97. The Labute approximate surface area is 136 Å². The molecular weight excluding hydrogens is 294 g/mol. The van der Waals surface area contributed by atoms with Crippen molar-refractivity contribution in [2.75, 3.05) is 33.2 Å². The zero-order valence-electron chi connectivity index (χ0n) is 13.6. The average Bonchev–Trinajstić information content (AvgIpc) is 2.59. The van der Waals surface area contributed by atoms with Gasteiger partial charge in [0.1, 0.15) is 0 Å². The standard InChI is InChI=1S/C16H25N5O2/c1-17-16(18-8-11-20-9-3-2-4-10-20)19-13-14-6-5-7-15(12-14)21(22)23/h5-7,12H,2-4,8-11,13H2,1H3,(H2,17,18,19). The fourth-order valence-electron chi connectivity index (χ4n) is 2.70. The maximum Gasteiger partial charge on any atom is 0.269 e. The molecule has 1 aliphatic rings. The van der Waals surface area contributed by atoms with Crippen LogP contribution in [-0.4, -0.2) is 49.0 Å². The van der Waals surface area contributed by atoms with Crippen molar-refractivity contribution in [2.45, 2.75) is 25.8 Å². The number of benzene rings is 1. The monoisotopic (exact) mass is 319 g/mol. The van der Waals surface area contributed by atoms with Crippen molar-refractivity contribution in [3.63, 3.8) is 0 Å². The van der Waals surface area contributed by atoms with Gasteiger partial charge in [-0.05, 0) is 31.5 Å². The molecule has 0 unspecified atom stereocenters. The molecule has 0 aliphatic carbocycles. The van der Waals surface area contributed by atoms with Crippen LogP contribution in [0.1, 0.15) is 24.8 Å². The minimum absolute atomic E-state index is 0.109. The molecule has 0 bridgehead atoms. The van der Waals surface area contributed by atoms with Gasteiger partial charge in [-0.25, -0.2) is 0 Å². The number of rotatable bonds is 6. The molecule has 7 heteroatoms. The molecule has 23 heavy (non-hydrogen) atoms. The Kier molecular flexibility index (Phi) is 6.80. The van der Waals surface area contributed by atoms with Crippen molar-refractivity contribution < 1.29 is 4.92 Å². The molecule has 126 valence electrons. The first-order chi connectivity index (χ1) is 11.2. The van der Waals surface area contributed by atoms with Gasteiger partial charge in [-0.15, -0.1) is 0 Å². The van der Waals surface area contributed by atoms with E-state index in [0.717, 1.165) is 18.7 Å². The van der Waals surface area contributed by atoms with Gasteiger partial charge < -0.3 is 15.5 Å². The van der Waals surface area contributed by atoms with E-state index in [4.69, 9.17) is 0 Å². The number of non-ortho nitro benzene ring substituents is 1. The van der Waals surface area contributed by atoms with E-state index in [0.29, 0.717) is 12.5 Å². The van der Waals surface area contributed by atoms with E-state index >= 15 is 0 Å². The molecule has 2 N–H and O–H groups in total. The predicted octanol–water partition coefficient (Wildman–Crippen LogP) is 1.75. The summed E-state index contributed by atoms with van der Waals surface area (Å²) in [5.74, 6) is 0.716. The highest BCUT2D eigenvalue weighted by atomic mass is 16.6. The van der Waals surface area contributed by atoms with E-state index < -0.39 is 0 Å². The number of hydrogen-bond acceptors (Lipinski definition) is 4. The molecule has 0 spiro atoms. The number of nitrogens with one attached hydrogen (secondary N) is 2. The summed E-state index contributed by atoms with van der Waals surface area (Å²) in [6.45, 7) is 4.72. The topological polar surface area (TPSA) is 82.8 Å². The quantitative estimate of drug-likeness (QED) is 0.361. The molecule has 0 atom stereocenters. The highest BCUT2D eigenvalue weighted by molar-refractivity contribution is 5.79. The molecular formula is C16H25N5O2. The Bertz CT molecular complexity index is 541. The largest absolute Gasteiger partial charge is 0.355 e. The molecule has 2 rings (SSSR count). The maximum atomic E-state index is 10.8. The predicted molar refractivity (Wildman–Crippen MR) is 91.6 cm³/mol. The number of piperidine rings is 1. The zero-order valence-corrected chi connectivity index (χ0v) is 13.6. The first-order valence-corrected chi connectivity index (χ1v) is 8.09. The number of hydrogen-bond donors (Lipinski definition) is 2. The van der Waals surface area contributed by atoms with Gasteiger partial charge in [-0.1, -0.05) is 18.6 Å². The van der Waals surface area contributed by atoms with Crippen LogP contribution in [0.25, 0.3) is 0 Å². The molecule has 1 fully saturated rings. The molecule has 0 aromatic heterocycles. The summed E-state index contributed by atoms with van der Waals surface area (Å²) in [5.41, 5.74) is 0.968.